The third-order valence-electron chi connectivity index (χ3n) is 3.48. The van der Waals surface area contributed by atoms with E-state index in [9.17, 15) is 9.50 Å². The van der Waals surface area contributed by atoms with Crippen LogP contribution in [0.15, 0.2) is 18.2 Å². The van der Waals surface area contributed by atoms with Crippen molar-refractivity contribution in [3.8, 4) is 0 Å². The zero-order chi connectivity index (χ0) is 12.3. The minimum absolute atomic E-state index is 0.271. The van der Waals surface area contributed by atoms with Gasteiger partial charge in [-0.3, -0.25) is 0 Å². The summed E-state index contributed by atoms with van der Waals surface area (Å²) in [6.07, 6.45) is 1.86. The van der Waals surface area contributed by atoms with Crippen molar-refractivity contribution < 1.29 is 14.2 Å². The summed E-state index contributed by atoms with van der Waals surface area (Å²) in [6, 6.07) is 5.19. The van der Waals surface area contributed by atoms with Gasteiger partial charge in [0.1, 0.15) is 5.82 Å². The summed E-state index contributed by atoms with van der Waals surface area (Å²) in [4.78, 5) is 0. The Kier molecular flexibility index (Phi) is 4.13. The maximum absolute atomic E-state index is 13.8. The molecule has 17 heavy (non-hydrogen) atoms. The first kappa shape index (κ1) is 12.5. The van der Waals surface area contributed by atoms with Gasteiger partial charge in [-0.15, -0.1) is 0 Å². The molecule has 1 saturated heterocycles. The minimum Gasteiger partial charge on any atom is -0.388 e. The number of aliphatic hydroxyl groups is 1. The molecular weight excluding hydrogens is 219 g/mol. The molecule has 0 aliphatic carbocycles. The molecule has 1 unspecified atom stereocenters. The van der Waals surface area contributed by atoms with E-state index < -0.39 is 6.10 Å². The fraction of sp³-hybridized carbons (Fsp3) is 0.571. The third kappa shape index (κ3) is 3.05. The Hall–Kier alpha value is -0.930. The molecular formula is C14H19FO2. The topological polar surface area (TPSA) is 29.5 Å². The minimum atomic E-state index is -0.696. The van der Waals surface area contributed by atoms with Gasteiger partial charge in [0, 0.05) is 18.8 Å². The molecule has 1 N–H and O–H groups in total. The van der Waals surface area contributed by atoms with Gasteiger partial charge in [-0.1, -0.05) is 18.2 Å². The average molecular weight is 238 g/mol. The summed E-state index contributed by atoms with van der Waals surface area (Å²) >= 11 is 0. The molecule has 0 bridgehead atoms. The second-order valence-corrected chi connectivity index (χ2v) is 4.79. The monoisotopic (exact) mass is 238 g/mol. The van der Waals surface area contributed by atoms with E-state index in [1.807, 2.05) is 0 Å². The summed E-state index contributed by atoms with van der Waals surface area (Å²) < 4.78 is 19.1. The van der Waals surface area contributed by atoms with Crippen molar-refractivity contribution in [1.29, 1.82) is 0 Å². The number of aliphatic hydroxyl groups excluding tert-OH is 1. The van der Waals surface area contributed by atoms with E-state index in [4.69, 9.17) is 4.74 Å². The van der Waals surface area contributed by atoms with Crippen molar-refractivity contribution >= 4 is 0 Å². The van der Waals surface area contributed by atoms with Crippen LogP contribution in [0.4, 0.5) is 4.39 Å². The molecule has 2 nitrogen and oxygen atoms in total. The van der Waals surface area contributed by atoms with E-state index in [0.717, 1.165) is 26.1 Å². The second-order valence-electron chi connectivity index (χ2n) is 4.79. The predicted octanol–water partition coefficient (Wildman–Crippen LogP) is 2.98. The molecule has 2 rings (SSSR count). The number of aryl methyl sites for hydroxylation is 1. The molecule has 1 aliphatic rings. The molecule has 1 aromatic carbocycles. The van der Waals surface area contributed by atoms with E-state index in [-0.39, 0.29) is 5.82 Å². The van der Waals surface area contributed by atoms with Gasteiger partial charge in [-0.05, 0) is 37.7 Å². The second kappa shape index (κ2) is 5.61. The van der Waals surface area contributed by atoms with Gasteiger partial charge in [-0.25, -0.2) is 4.39 Å². The van der Waals surface area contributed by atoms with Crippen molar-refractivity contribution in [2.24, 2.45) is 5.92 Å². The van der Waals surface area contributed by atoms with E-state index in [1.165, 1.54) is 0 Å². The number of hydrogen-bond donors (Lipinski definition) is 1. The lowest BCUT2D eigenvalue weighted by Gasteiger charge is -2.24. The molecule has 1 aromatic rings. The van der Waals surface area contributed by atoms with Crippen molar-refractivity contribution in [1.82, 2.24) is 0 Å². The van der Waals surface area contributed by atoms with E-state index in [0.29, 0.717) is 23.5 Å². The molecule has 0 saturated carbocycles. The highest BCUT2D eigenvalue weighted by molar-refractivity contribution is 5.26. The SMILES string of the molecule is Cc1cccc(C(O)CC2CCOCC2)c1F. The summed E-state index contributed by atoms with van der Waals surface area (Å²) in [5.74, 6) is 0.172. The molecule has 0 amide bonds. The Morgan fingerprint density at radius 2 is 2.12 bits per heavy atom. The standard InChI is InChI=1S/C14H19FO2/c1-10-3-2-4-12(14(10)15)13(16)9-11-5-7-17-8-6-11/h2-4,11,13,16H,5-9H2,1H3. The van der Waals surface area contributed by atoms with Gasteiger partial charge in [0.2, 0.25) is 0 Å². The van der Waals surface area contributed by atoms with Crippen LogP contribution in [-0.4, -0.2) is 18.3 Å². The first-order chi connectivity index (χ1) is 8.18. The van der Waals surface area contributed by atoms with Crippen LogP contribution in [-0.2, 0) is 4.74 Å². The van der Waals surface area contributed by atoms with Crippen LogP contribution in [0.3, 0.4) is 0 Å². The van der Waals surface area contributed by atoms with Crippen LogP contribution in [0.25, 0.3) is 0 Å². The van der Waals surface area contributed by atoms with Crippen molar-refractivity contribution in [2.75, 3.05) is 13.2 Å². The molecule has 0 radical (unpaired) electrons. The van der Waals surface area contributed by atoms with E-state index >= 15 is 0 Å². The number of benzene rings is 1. The Morgan fingerprint density at radius 1 is 1.41 bits per heavy atom. The van der Waals surface area contributed by atoms with Crippen molar-refractivity contribution in [3.63, 3.8) is 0 Å². The summed E-state index contributed by atoms with van der Waals surface area (Å²) in [5, 5.41) is 10.1. The summed E-state index contributed by atoms with van der Waals surface area (Å²) in [5.41, 5.74) is 1.02. The van der Waals surface area contributed by atoms with Crippen LogP contribution in [0.2, 0.25) is 0 Å². The van der Waals surface area contributed by atoms with Gasteiger partial charge < -0.3 is 9.84 Å². The average Bonchev–Trinajstić information content (AvgIpc) is 2.34. The number of rotatable bonds is 3. The Bertz CT molecular complexity index is 372. The molecule has 1 aliphatic heterocycles. The van der Waals surface area contributed by atoms with E-state index in [2.05, 4.69) is 0 Å². The molecule has 0 aromatic heterocycles. The fourth-order valence-electron chi connectivity index (χ4n) is 2.35. The Balaban J connectivity index is 2.03. The fourth-order valence-corrected chi connectivity index (χ4v) is 2.35. The Labute approximate surface area is 101 Å². The van der Waals surface area contributed by atoms with Crippen molar-refractivity contribution in [2.45, 2.75) is 32.3 Å². The highest BCUT2D eigenvalue weighted by Gasteiger charge is 2.21. The maximum Gasteiger partial charge on any atom is 0.131 e. The highest BCUT2D eigenvalue weighted by Crippen LogP contribution is 2.29. The quantitative estimate of drug-likeness (QED) is 0.877. The number of ether oxygens (including phenoxy) is 1. The molecule has 94 valence electrons. The van der Waals surface area contributed by atoms with Gasteiger partial charge in [0.15, 0.2) is 0 Å². The van der Waals surface area contributed by atoms with Crippen molar-refractivity contribution in [3.05, 3.63) is 35.1 Å². The van der Waals surface area contributed by atoms with E-state index in [1.54, 1.807) is 25.1 Å². The smallest absolute Gasteiger partial charge is 0.131 e. The number of halogens is 1. The zero-order valence-corrected chi connectivity index (χ0v) is 10.2. The predicted molar refractivity (Wildman–Crippen MR) is 64.3 cm³/mol. The summed E-state index contributed by atoms with van der Waals surface area (Å²) in [7, 11) is 0. The first-order valence-electron chi connectivity index (χ1n) is 6.19. The molecule has 1 heterocycles. The molecule has 0 spiro atoms. The third-order valence-corrected chi connectivity index (χ3v) is 3.48. The molecule has 3 heteroatoms. The van der Waals surface area contributed by atoms with Gasteiger partial charge in [0.05, 0.1) is 6.10 Å². The lowest BCUT2D eigenvalue weighted by Crippen LogP contribution is -2.18. The molecule has 1 atom stereocenters. The van der Waals surface area contributed by atoms with Crippen LogP contribution < -0.4 is 0 Å². The Morgan fingerprint density at radius 3 is 2.82 bits per heavy atom. The van der Waals surface area contributed by atoms with Crippen LogP contribution in [0.1, 0.15) is 36.5 Å². The number of hydrogen-bond acceptors (Lipinski definition) is 2. The lowest BCUT2D eigenvalue weighted by atomic mass is 9.90. The highest BCUT2D eigenvalue weighted by atomic mass is 19.1. The lowest BCUT2D eigenvalue weighted by molar-refractivity contribution is 0.0428. The first-order valence-corrected chi connectivity index (χ1v) is 6.19. The largest absolute Gasteiger partial charge is 0.388 e. The summed E-state index contributed by atoms with van der Waals surface area (Å²) in [6.45, 7) is 3.24. The van der Waals surface area contributed by atoms with Gasteiger partial charge in [-0.2, -0.15) is 0 Å². The van der Waals surface area contributed by atoms with Gasteiger partial charge >= 0.3 is 0 Å². The zero-order valence-electron chi connectivity index (χ0n) is 10.2. The molecule has 1 fully saturated rings. The van der Waals surface area contributed by atoms with Crippen LogP contribution >= 0.6 is 0 Å². The maximum atomic E-state index is 13.8. The van der Waals surface area contributed by atoms with Gasteiger partial charge in [0.25, 0.3) is 0 Å². The van der Waals surface area contributed by atoms with Crippen LogP contribution in [0.5, 0.6) is 0 Å². The van der Waals surface area contributed by atoms with Crippen LogP contribution in [0, 0.1) is 18.7 Å². The normalized spacial score (nSPS) is 19.2.